The summed E-state index contributed by atoms with van der Waals surface area (Å²) < 4.78 is 0. The van der Waals surface area contributed by atoms with Crippen molar-refractivity contribution >= 4 is 0 Å². The highest BCUT2D eigenvalue weighted by atomic mass is 15.0. The lowest BCUT2D eigenvalue weighted by Gasteiger charge is -2.18. The second-order valence-corrected chi connectivity index (χ2v) is 4.59. The average molecular weight is 234 g/mol. The summed E-state index contributed by atoms with van der Waals surface area (Å²) in [6.45, 7) is 8.74. The molecule has 0 fully saturated rings. The van der Waals surface area contributed by atoms with Crippen LogP contribution in [-0.2, 0) is 0 Å². The van der Waals surface area contributed by atoms with Crippen molar-refractivity contribution in [2.45, 2.75) is 45.7 Å². The Morgan fingerprint density at radius 1 is 0.941 bits per heavy atom. The largest absolute Gasteiger partial charge is 0.313 e. The molecule has 0 aliphatic carbocycles. The summed E-state index contributed by atoms with van der Waals surface area (Å²) in [7, 11) is 0. The molecule has 17 heavy (non-hydrogen) atoms. The van der Waals surface area contributed by atoms with Gasteiger partial charge < -0.3 is 10.6 Å². The van der Waals surface area contributed by atoms with Crippen LogP contribution in [0.4, 0.5) is 0 Å². The van der Waals surface area contributed by atoms with Gasteiger partial charge in [-0.1, -0.05) is 44.2 Å². The molecule has 0 spiro atoms. The van der Waals surface area contributed by atoms with Crippen LogP contribution in [0.25, 0.3) is 0 Å². The van der Waals surface area contributed by atoms with Gasteiger partial charge in [-0.05, 0) is 25.3 Å². The van der Waals surface area contributed by atoms with Crippen molar-refractivity contribution < 1.29 is 0 Å². The molecule has 0 radical (unpaired) electrons. The molecule has 0 saturated heterocycles. The fraction of sp³-hybridized carbons (Fsp3) is 0.600. The Kier molecular flexibility index (Phi) is 6.90. The molecular formula is C15H26N2. The van der Waals surface area contributed by atoms with E-state index in [-0.39, 0.29) is 0 Å². The van der Waals surface area contributed by atoms with Gasteiger partial charge in [0.05, 0.1) is 0 Å². The molecule has 0 saturated carbocycles. The van der Waals surface area contributed by atoms with E-state index in [0.29, 0.717) is 12.1 Å². The number of benzene rings is 1. The van der Waals surface area contributed by atoms with Gasteiger partial charge in [0.1, 0.15) is 0 Å². The Labute approximate surface area is 106 Å². The highest BCUT2D eigenvalue weighted by molar-refractivity contribution is 5.18. The van der Waals surface area contributed by atoms with E-state index >= 15 is 0 Å². The smallest absolute Gasteiger partial charge is 0.0318 e. The SMILES string of the molecule is CCC(C)NCCNC(CC)c1ccccc1. The Bertz CT molecular complexity index is 284. The van der Waals surface area contributed by atoms with E-state index in [1.807, 2.05) is 0 Å². The molecule has 1 rings (SSSR count). The van der Waals surface area contributed by atoms with Crippen molar-refractivity contribution in [1.82, 2.24) is 10.6 Å². The molecule has 0 aliphatic heterocycles. The summed E-state index contributed by atoms with van der Waals surface area (Å²) in [4.78, 5) is 0. The van der Waals surface area contributed by atoms with Crippen molar-refractivity contribution in [2.24, 2.45) is 0 Å². The zero-order chi connectivity index (χ0) is 12.5. The number of rotatable bonds is 8. The minimum Gasteiger partial charge on any atom is -0.313 e. The highest BCUT2D eigenvalue weighted by Gasteiger charge is 2.07. The van der Waals surface area contributed by atoms with Crippen molar-refractivity contribution in [3.05, 3.63) is 35.9 Å². The van der Waals surface area contributed by atoms with Gasteiger partial charge in [-0.3, -0.25) is 0 Å². The molecule has 0 bridgehead atoms. The molecule has 96 valence electrons. The average Bonchev–Trinajstić information content (AvgIpc) is 2.39. The minimum absolute atomic E-state index is 0.481. The van der Waals surface area contributed by atoms with Crippen LogP contribution in [0.1, 0.15) is 45.2 Å². The Balaban J connectivity index is 2.29. The second-order valence-electron chi connectivity index (χ2n) is 4.59. The lowest BCUT2D eigenvalue weighted by atomic mass is 10.0. The summed E-state index contributed by atoms with van der Waals surface area (Å²) in [5.74, 6) is 0. The molecule has 0 amide bonds. The predicted octanol–water partition coefficient (Wildman–Crippen LogP) is 3.12. The summed E-state index contributed by atoms with van der Waals surface area (Å²) in [5, 5.41) is 7.10. The zero-order valence-corrected chi connectivity index (χ0v) is 11.4. The Hall–Kier alpha value is -0.860. The minimum atomic E-state index is 0.481. The molecule has 1 aromatic rings. The van der Waals surface area contributed by atoms with Crippen molar-refractivity contribution in [3.63, 3.8) is 0 Å². The molecule has 0 aliphatic rings. The lowest BCUT2D eigenvalue weighted by Crippen LogP contribution is -2.34. The van der Waals surface area contributed by atoms with E-state index in [1.165, 1.54) is 12.0 Å². The lowest BCUT2D eigenvalue weighted by molar-refractivity contribution is 0.474. The summed E-state index contributed by atoms with van der Waals surface area (Å²) in [6.07, 6.45) is 2.32. The topological polar surface area (TPSA) is 24.1 Å². The molecule has 0 heterocycles. The van der Waals surface area contributed by atoms with Gasteiger partial charge >= 0.3 is 0 Å². The maximum Gasteiger partial charge on any atom is 0.0318 e. The Morgan fingerprint density at radius 2 is 1.59 bits per heavy atom. The highest BCUT2D eigenvalue weighted by Crippen LogP contribution is 2.15. The van der Waals surface area contributed by atoms with Gasteiger partial charge in [0.15, 0.2) is 0 Å². The van der Waals surface area contributed by atoms with Crippen LogP contribution in [0.5, 0.6) is 0 Å². The first-order valence-corrected chi connectivity index (χ1v) is 6.79. The number of nitrogens with one attached hydrogen (secondary N) is 2. The zero-order valence-electron chi connectivity index (χ0n) is 11.4. The first-order chi connectivity index (χ1) is 8.27. The van der Waals surface area contributed by atoms with Gasteiger partial charge in [0, 0.05) is 25.2 Å². The van der Waals surface area contributed by atoms with Gasteiger partial charge in [-0.2, -0.15) is 0 Å². The summed E-state index contributed by atoms with van der Waals surface area (Å²) >= 11 is 0. The quantitative estimate of drug-likeness (QED) is 0.675. The number of hydrogen-bond donors (Lipinski definition) is 2. The third-order valence-corrected chi connectivity index (χ3v) is 3.23. The standard InChI is InChI=1S/C15H26N2/c1-4-13(3)16-11-12-17-15(5-2)14-9-7-6-8-10-14/h6-10,13,15-17H,4-5,11-12H2,1-3H3. The van der Waals surface area contributed by atoms with E-state index in [9.17, 15) is 0 Å². The monoisotopic (exact) mass is 234 g/mol. The summed E-state index contributed by atoms with van der Waals surface area (Å²) in [6, 6.07) is 11.8. The fourth-order valence-corrected chi connectivity index (χ4v) is 1.89. The molecule has 0 aromatic heterocycles. The maximum atomic E-state index is 3.60. The van der Waals surface area contributed by atoms with Crippen molar-refractivity contribution in [3.8, 4) is 0 Å². The normalized spacial score (nSPS) is 14.5. The van der Waals surface area contributed by atoms with Crippen LogP contribution in [-0.4, -0.2) is 19.1 Å². The van der Waals surface area contributed by atoms with Crippen molar-refractivity contribution in [1.29, 1.82) is 0 Å². The van der Waals surface area contributed by atoms with Crippen LogP contribution >= 0.6 is 0 Å². The van der Waals surface area contributed by atoms with Gasteiger partial charge in [-0.15, -0.1) is 0 Å². The Morgan fingerprint density at radius 3 is 2.18 bits per heavy atom. The first kappa shape index (κ1) is 14.2. The van der Waals surface area contributed by atoms with Crippen LogP contribution in [0.15, 0.2) is 30.3 Å². The van der Waals surface area contributed by atoms with Crippen molar-refractivity contribution in [2.75, 3.05) is 13.1 Å². The predicted molar refractivity (Wildman–Crippen MR) is 75.2 cm³/mol. The first-order valence-electron chi connectivity index (χ1n) is 6.79. The molecule has 2 N–H and O–H groups in total. The molecule has 2 nitrogen and oxygen atoms in total. The van der Waals surface area contributed by atoms with E-state index in [0.717, 1.165) is 19.5 Å². The molecule has 2 atom stereocenters. The van der Waals surface area contributed by atoms with Gasteiger partial charge in [0.25, 0.3) is 0 Å². The molecule has 1 aromatic carbocycles. The van der Waals surface area contributed by atoms with E-state index in [2.05, 4.69) is 61.7 Å². The van der Waals surface area contributed by atoms with E-state index < -0.39 is 0 Å². The van der Waals surface area contributed by atoms with Crippen LogP contribution in [0.2, 0.25) is 0 Å². The third-order valence-electron chi connectivity index (χ3n) is 3.23. The van der Waals surface area contributed by atoms with E-state index in [4.69, 9.17) is 0 Å². The number of hydrogen-bond acceptors (Lipinski definition) is 2. The van der Waals surface area contributed by atoms with Crippen LogP contribution in [0, 0.1) is 0 Å². The van der Waals surface area contributed by atoms with Gasteiger partial charge in [0.2, 0.25) is 0 Å². The van der Waals surface area contributed by atoms with Crippen LogP contribution in [0.3, 0.4) is 0 Å². The third kappa shape index (κ3) is 5.33. The van der Waals surface area contributed by atoms with Gasteiger partial charge in [-0.25, -0.2) is 0 Å². The maximum absolute atomic E-state index is 3.60. The van der Waals surface area contributed by atoms with Crippen LogP contribution < -0.4 is 10.6 Å². The van der Waals surface area contributed by atoms with E-state index in [1.54, 1.807) is 0 Å². The fourth-order valence-electron chi connectivity index (χ4n) is 1.89. The molecular weight excluding hydrogens is 208 g/mol. The summed E-state index contributed by atoms with van der Waals surface area (Å²) in [5.41, 5.74) is 1.39. The second kappa shape index (κ2) is 8.26. The molecule has 2 unspecified atom stereocenters. The molecule has 2 heteroatoms.